The fourth-order valence-corrected chi connectivity index (χ4v) is 11.9. The summed E-state index contributed by atoms with van der Waals surface area (Å²) in [7, 11) is 0. The molecule has 2 aliphatic heterocycles. The molecule has 13 nitrogen and oxygen atoms in total. The van der Waals surface area contributed by atoms with Gasteiger partial charge in [0.25, 0.3) is 11.8 Å². The van der Waals surface area contributed by atoms with Crippen molar-refractivity contribution in [3.05, 3.63) is 113 Å². The number of nitrogens with one attached hydrogen (secondary N) is 2. The number of aliphatic hydroxyl groups excluding tert-OH is 2. The highest BCUT2D eigenvalue weighted by Crippen LogP contribution is 2.72. The van der Waals surface area contributed by atoms with Crippen LogP contribution in [0.2, 0.25) is 0 Å². The number of imide groups is 1. The minimum Gasteiger partial charge on any atom is -0.390 e. The van der Waals surface area contributed by atoms with Crippen LogP contribution in [0.5, 0.6) is 0 Å². The van der Waals surface area contributed by atoms with Crippen molar-refractivity contribution in [2.24, 2.45) is 28.6 Å². The van der Waals surface area contributed by atoms with Crippen LogP contribution >= 0.6 is 0 Å². The van der Waals surface area contributed by atoms with E-state index in [2.05, 4.69) is 17.2 Å². The summed E-state index contributed by atoms with van der Waals surface area (Å²) in [4.78, 5) is 77.0. The number of nitrogens with zero attached hydrogens (tertiary/aromatic N) is 1. The maximum atomic E-state index is 17.9. The average molecular weight is 910 g/mol. The number of amides is 4. The van der Waals surface area contributed by atoms with Crippen LogP contribution in [-0.4, -0.2) is 99.2 Å². The summed E-state index contributed by atoms with van der Waals surface area (Å²) in [6.45, 7) is 11.5. The standard InChI is InChI=1S/C51H57F2N3O10/c1-27-16-18-48(5)37(20-27)38(52)23-36-35-24-42-51(41(60)26-57,49(35,6)25-40(59)50(36,48)53)66-47(65-42)32-12-10-31(11-13-32)29(3)33-8-7-9-34(22-33)55-46(64)28(2)21-39(58)30(4)54-43(61)17-19-56-44(62)14-15-45(56)63/h7-16,18,20,22,28-30,35-36,38,40,42,47,57,59H,1,17,19,21,23-26H2,2-6H3,(H,54,61)(H,55,64)/t28-,29+,30+,35+,36+,38+,40+,42-,47-,48+,49+,50+,51-/m1/s1. The number of ether oxygens (including phenoxy) is 2. The van der Waals surface area contributed by atoms with Gasteiger partial charge in [-0.2, -0.15) is 0 Å². The normalized spacial score (nSPS) is 34.4. The lowest BCUT2D eigenvalue weighted by molar-refractivity contribution is -0.235. The number of rotatable bonds is 14. The van der Waals surface area contributed by atoms with Crippen molar-refractivity contribution in [1.82, 2.24) is 10.2 Å². The monoisotopic (exact) mass is 909 g/mol. The van der Waals surface area contributed by atoms with Crippen LogP contribution in [0.4, 0.5) is 14.5 Å². The minimum atomic E-state index is -2.25. The number of halogens is 2. The fraction of sp³-hybridized carbons (Fsp3) is 0.490. The average Bonchev–Trinajstić information content (AvgIpc) is 3.91. The van der Waals surface area contributed by atoms with Crippen molar-refractivity contribution in [3.8, 4) is 0 Å². The second kappa shape index (κ2) is 17.3. The Labute approximate surface area is 382 Å². The molecule has 6 aliphatic rings. The highest BCUT2D eigenvalue weighted by Gasteiger charge is 2.80. The highest BCUT2D eigenvalue weighted by molar-refractivity contribution is 6.13. The third-order valence-corrected chi connectivity index (χ3v) is 15.7. The number of fused-ring (bicyclic) bond motifs is 7. The van der Waals surface area contributed by atoms with Gasteiger partial charge in [-0.1, -0.05) is 82.0 Å². The number of alkyl halides is 2. The van der Waals surface area contributed by atoms with E-state index in [1.54, 1.807) is 45.1 Å². The maximum Gasteiger partial charge on any atom is 0.253 e. The van der Waals surface area contributed by atoms with Crippen LogP contribution < -0.4 is 10.6 Å². The van der Waals surface area contributed by atoms with Gasteiger partial charge in [0, 0.05) is 71.4 Å². The first-order valence-electron chi connectivity index (χ1n) is 22.6. The van der Waals surface area contributed by atoms with Crippen molar-refractivity contribution < 1.29 is 57.2 Å². The third kappa shape index (κ3) is 7.51. The zero-order valence-electron chi connectivity index (χ0n) is 37.7. The van der Waals surface area contributed by atoms with Crippen molar-refractivity contribution in [3.63, 3.8) is 0 Å². The number of carbonyl (C=O) groups is 6. The number of carbonyl (C=O) groups excluding carboxylic acids is 6. The van der Waals surface area contributed by atoms with Crippen molar-refractivity contribution in [2.75, 3.05) is 18.5 Å². The molecule has 0 bridgehead atoms. The zero-order valence-corrected chi connectivity index (χ0v) is 37.7. The number of benzene rings is 2. The lowest BCUT2D eigenvalue weighted by Crippen LogP contribution is -2.70. The van der Waals surface area contributed by atoms with Gasteiger partial charge in [-0.15, -0.1) is 0 Å². The first-order chi connectivity index (χ1) is 31.2. The Kier molecular flexibility index (Phi) is 12.3. The zero-order chi connectivity index (χ0) is 47.7. The molecule has 4 aliphatic carbocycles. The Balaban J connectivity index is 0.903. The molecule has 3 saturated carbocycles. The first kappa shape index (κ1) is 47.0. The van der Waals surface area contributed by atoms with Gasteiger partial charge < -0.3 is 30.3 Å². The van der Waals surface area contributed by atoms with Gasteiger partial charge in [0.1, 0.15) is 12.8 Å². The van der Waals surface area contributed by atoms with E-state index >= 15 is 8.78 Å². The summed E-state index contributed by atoms with van der Waals surface area (Å²) in [5.41, 5.74) is -2.90. The minimum absolute atomic E-state index is 0.112. The van der Waals surface area contributed by atoms with Crippen molar-refractivity contribution >= 4 is 40.9 Å². The van der Waals surface area contributed by atoms with Crippen LogP contribution in [0.3, 0.4) is 0 Å². The van der Waals surface area contributed by atoms with Crippen LogP contribution in [-0.2, 0) is 38.2 Å². The number of anilines is 1. The van der Waals surface area contributed by atoms with Crippen molar-refractivity contribution in [1.29, 1.82) is 0 Å². The number of allylic oxidation sites excluding steroid dienone is 5. The predicted octanol–water partition coefficient (Wildman–Crippen LogP) is 5.82. The Hall–Kier alpha value is -5.48. The lowest BCUT2D eigenvalue weighted by atomic mass is 9.44. The van der Waals surface area contributed by atoms with Crippen LogP contribution in [0.15, 0.2) is 96.6 Å². The van der Waals surface area contributed by atoms with E-state index in [1.807, 2.05) is 49.4 Å². The molecule has 0 unspecified atom stereocenters. The molecule has 2 aromatic carbocycles. The molecule has 13 atom stereocenters. The number of ketones is 2. The van der Waals surface area contributed by atoms with Gasteiger partial charge in [-0.05, 0) is 73.4 Å². The van der Waals surface area contributed by atoms with E-state index in [0.717, 1.165) is 28.2 Å². The van der Waals surface area contributed by atoms with Gasteiger partial charge in [-0.25, -0.2) is 8.78 Å². The number of hydrogen-bond donors (Lipinski definition) is 4. The van der Waals surface area contributed by atoms with Gasteiger partial charge in [0.15, 0.2) is 29.1 Å². The molecule has 4 N–H and O–H groups in total. The summed E-state index contributed by atoms with van der Waals surface area (Å²) < 4.78 is 47.2. The largest absolute Gasteiger partial charge is 0.390 e. The molecule has 0 spiro atoms. The molecule has 0 radical (unpaired) electrons. The first-order valence-corrected chi connectivity index (χ1v) is 22.6. The molecule has 1 saturated heterocycles. The van der Waals surface area contributed by atoms with Gasteiger partial charge in [0.05, 0.1) is 18.2 Å². The molecule has 15 heteroatoms. The Morgan fingerprint density at radius 1 is 0.970 bits per heavy atom. The molecule has 2 heterocycles. The molecular weight excluding hydrogens is 853 g/mol. The number of aliphatic hydroxyl groups is 2. The van der Waals surface area contributed by atoms with E-state index in [9.17, 15) is 39.0 Å². The highest BCUT2D eigenvalue weighted by atomic mass is 19.1. The molecule has 4 fully saturated rings. The number of Topliss-reactive ketones (excluding diaryl/α,β-unsaturated/α-hetero) is 2. The Bertz CT molecular complexity index is 2450. The second-order valence-electron chi connectivity index (χ2n) is 19.4. The number of hydrogen-bond acceptors (Lipinski definition) is 10. The van der Waals surface area contributed by atoms with E-state index in [0.29, 0.717) is 16.8 Å². The Morgan fingerprint density at radius 2 is 1.67 bits per heavy atom. The van der Waals surface area contributed by atoms with Crippen LogP contribution in [0.1, 0.15) is 95.6 Å². The van der Waals surface area contributed by atoms with E-state index in [1.165, 1.54) is 6.92 Å². The third-order valence-electron chi connectivity index (χ3n) is 15.7. The molecule has 66 heavy (non-hydrogen) atoms. The smallest absolute Gasteiger partial charge is 0.253 e. The predicted molar refractivity (Wildman–Crippen MR) is 238 cm³/mol. The molecule has 350 valence electrons. The summed E-state index contributed by atoms with van der Waals surface area (Å²) in [5.74, 6) is -5.36. The van der Waals surface area contributed by atoms with Crippen LogP contribution in [0, 0.1) is 28.6 Å². The van der Waals surface area contributed by atoms with Crippen LogP contribution in [0.25, 0.3) is 0 Å². The van der Waals surface area contributed by atoms with Gasteiger partial charge >= 0.3 is 0 Å². The molecule has 8 rings (SSSR count). The topological polar surface area (TPSA) is 189 Å². The summed E-state index contributed by atoms with van der Waals surface area (Å²) in [6.07, 6.45) is 1.60. The van der Waals surface area contributed by atoms with Crippen molar-refractivity contribution in [2.45, 2.75) is 115 Å². The quantitative estimate of drug-likeness (QED) is 0.168. The SMILES string of the molecule is C=C1C=C[C@@]2(C)C(=C1)[C@@H](F)C[C@H]1[C@@H]3C[C@H]4O[C@@H](c5ccc([C@H](C)c6cccc(NC(=O)[C@H](C)CC(=O)[C@H](C)NC(=O)CCN7C(=O)C=CC7=O)c6)cc5)O[C@@]4(C(=O)CO)[C@@]3(C)C[C@H](O)[C@@]12F. The second-order valence-corrected chi connectivity index (χ2v) is 19.4. The molecule has 0 aromatic heterocycles. The van der Waals surface area contributed by atoms with E-state index in [-0.39, 0.29) is 61.8 Å². The molecule has 2 aromatic rings. The molecular formula is C51H57F2N3O10. The maximum absolute atomic E-state index is 17.9. The van der Waals surface area contributed by atoms with E-state index in [4.69, 9.17) is 9.47 Å². The summed E-state index contributed by atoms with van der Waals surface area (Å²) in [5, 5.41) is 27.7. The lowest BCUT2D eigenvalue weighted by Gasteiger charge is -2.63. The van der Waals surface area contributed by atoms with E-state index < -0.39 is 101 Å². The molecule has 4 amide bonds. The summed E-state index contributed by atoms with van der Waals surface area (Å²) in [6, 6.07) is 13.9. The fourth-order valence-electron chi connectivity index (χ4n) is 11.9. The van der Waals surface area contributed by atoms with Gasteiger partial charge in [0.2, 0.25) is 11.8 Å². The summed E-state index contributed by atoms with van der Waals surface area (Å²) >= 11 is 0. The van der Waals surface area contributed by atoms with Gasteiger partial charge in [-0.3, -0.25) is 33.7 Å². The Morgan fingerprint density at radius 3 is 2.35 bits per heavy atom.